The van der Waals surface area contributed by atoms with E-state index in [9.17, 15) is 24.0 Å². The van der Waals surface area contributed by atoms with Crippen molar-refractivity contribution in [3.63, 3.8) is 0 Å². The zero-order valence-corrected chi connectivity index (χ0v) is 21.7. The normalized spacial score (nSPS) is 18.4. The van der Waals surface area contributed by atoms with Gasteiger partial charge in [-0.05, 0) is 41.8 Å². The fourth-order valence-electron chi connectivity index (χ4n) is 4.81. The van der Waals surface area contributed by atoms with Gasteiger partial charge in [-0.25, -0.2) is 9.59 Å². The Labute approximate surface area is 229 Å². The second-order valence-electron chi connectivity index (χ2n) is 9.58. The highest BCUT2D eigenvalue weighted by atomic mass is 16.5. The van der Waals surface area contributed by atoms with Gasteiger partial charge in [0, 0.05) is 30.4 Å². The van der Waals surface area contributed by atoms with E-state index in [4.69, 9.17) is 4.74 Å². The molecule has 12 heteroatoms. The van der Waals surface area contributed by atoms with E-state index >= 15 is 0 Å². The van der Waals surface area contributed by atoms with Crippen molar-refractivity contribution in [2.24, 2.45) is 0 Å². The van der Waals surface area contributed by atoms with Crippen LogP contribution in [0.5, 0.6) is 5.75 Å². The third-order valence-corrected chi connectivity index (χ3v) is 7.06. The maximum atomic E-state index is 13.1. The molecule has 0 radical (unpaired) electrons. The lowest BCUT2D eigenvalue weighted by Gasteiger charge is -2.25. The molecule has 204 valence electrons. The third kappa shape index (κ3) is 4.94. The number of pyridine rings is 1. The number of carbonyl (C=O) groups excluding carboxylic acids is 5. The number of amides is 7. The largest absolute Gasteiger partial charge is 0.497 e. The number of nitrogens with zero attached hydrogens (tertiary/aromatic N) is 2. The van der Waals surface area contributed by atoms with Crippen molar-refractivity contribution >= 4 is 30.3 Å². The van der Waals surface area contributed by atoms with E-state index in [0.717, 1.165) is 16.7 Å². The Balaban J connectivity index is 1.35. The van der Waals surface area contributed by atoms with E-state index < -0.39 is 29.6 Å². The molecule has 0 bridgehead atoms. The molecular weight excluding hydrogens is 516 g/mol. The minimum Gasteiger partial charge on any atom is -0.497 e. The highest BCUT2D eigenvalue weighted by molar-refractivity contribution is 6.07. The van der Waals surface area contributed by atoms with Crippen LogP contribution in [0, 0.1) is 0 Å². The van der Waals surface area contributed by atoms with Gasteiger partial charge in [0.2, 0.25) is 6.41 Å². The molecule has 2 aromatic carbocycles. The number of hydrogen-bond acceptors (Lipinski definition) is 7. The van der Waals surface area contributed by atoms with Crippen LogP contribution >= 0.6 is 0 Å². The number of imide groups is 2. The van der Waals surface area contributed by atoms with Crippen molar-refractivity contribution in [2.45, 2.75) is 25.0 Å². The first-order valence-electron chi connectivity index (χ1n) is 12.4. The molecule has 1 saturated heterocycles. The van der Waals surface area contributed by atoms with Crippen LogP contribution in [0.4, 0.5) is 9.59 Å². The smallest absolute Gasteiger partial charge is 0.322 e. The molecule has 7 amide bonds. The second kappa shape index (κ2) is 10.5. The summed E-state index contributed by atoms with van der Waals surface area (Å²) < 4.78 is 5.24. The van der Waals surface area contributed by atoms with Gasteiger partial charge in [-0.15, -0.1) is 0 Å². The summed E-state index contributed by atoms with van der Waals surface area (Å²) in [6.45, 7) is 2.13. The zero-order chi connectivity index (χ0) is 28.4. The molecular formula is C28H26N6O6. The summed E-state index contributed by atoms with van der Waals surface area (Å²) in [5.41, 5.74) is 2.86. The summed E-state index contributed by atoms with van der Waals surface area (Å²) in [5.74, 6) is -0.0736. The highest BCUT2D eigenvalue weighted by Gasteiger charge is 2.44. The van der Waals surface area contributed by atoms with Crippen molar-refractivity contribution in [1.82, 2.24) is 31.2 Å². The molecule has 2 atom stereocenters. The fraction of sp³-hybridized carbons (Fsp3) is 0.214. The lowest BCUT2D eigenvalue weighted by molar-refractivity contribution is -0.123. The lowest BCUT2D eigenvalue weighted by atomic mass is 9.96. The Bertz CT molecular complexity index is 1510. The first-order chi connectivity index (χ1) is 19.2. The number of benzene rings is 2. The van der Waals surface area contributed by atoms with Crippen LogP contribution in [0.15, 0.2) is 60.8 Å². The van der Waals surface area contributed by atoms with E-state index in [1.54, 1.807) is 42.3 Å². The zero-order valence-electron chi connectivity index (χ0n) is 21.7. The standard InChI is InChI=1S/C28H26N6O6/c1-28(25(37)32-27(39)33-28)23-10-8-18(12-29-23)16-3-5-17(6-4-16)22(31-26(38)30-15-35)14-34-13-19-7-9-20(40-2)11-21(19)24(34)36/h3-12,15,22H,13-14H2,1-2H3,(H2,30,31,35,38)(H2,32,33,37,39)/t22-,28?/m0/s1. The van der Waals surface area contributed by atoms with E-state index in [1.807, 2.05) is 30.3 Å². The second-order valence-corrected chi connectivity index (χ2v) is 9.58. The monoisotopic (exact) mass is 542 g/mol. The summed E-state index contributed by atoms with van der Waals surface area (Å²) in [5, 5.41) is 9.63. The Morgan fingerprint density at radius 2 is 1.88 bits per heavy atom. The van der Waals surface area contributed by atoms with E-state index in [0.29, 0.717) is 29.1 Å². The number of fused-ring (bicyclic) bond motifs is 1. The summed E-state index contributed by atoms with van der Waals surface area (Å²) in [7, 11) is 1.53. The minimum absolute atomic E-state index is 0.171. The molecule has 0 spiro atoms. The maximum absolute atomic E-state index is 13.1. The van der Waals surface area contributed by atoms with E-state index in [2.05, 4.69) is 26.3 Å². The van der Waals surface area contributed by atoms with Crippen LogP contribution in [0.2, 0.25) is 0 Å². The molecule has 12 nitrogen and oxygen atoms in total. The predicted octanol–water partition coefficient (Wildman–Crippen LogP) is 1.96. The van der Waals surface area contributed by atoms with Crippen molar-refractivity contribution in [2.75, 3.05) is 13.7 Å². The van der Waals surface area contributed by atoms with Gasteiger partial charge in [0.05, 0.1) is 18.8 Å². The predicted molar refractivity (Wildman–Crippen MR) is 142 cm³/mol. The first kappa shape index (κ1) is 26.4. The number of carbonyl (C=O) groups is 5. The number of rotatable bonds is 8. The third-order valence-electron chi connectivity index (χ3n) is 7.06. The Morgan fingerprint density at radius 1 is 1.12 bits per heavy atom. The summed E-state index contributed by atoms with van der Waals surface area (Å²) in [4.78, 5) is 66.0. The van der Waals surface area contributed by atoms with Crippen LogP contribution in [-0.4, -0.2) is 53.8 Å². The molecule has 1 aromatic heterocycles. The minimum atomic E-state index is -1.25. The van der Waals surface area contributed by atoms with Gasteiger partial charge in [0.1, 0.15) is 5.75 Å². The molecule has 3 heterocycles. The molecule has 40 heavy (non-hydrogen) atoms. The number of aromatic nitrogens is 1. The Morgan fingerprint density at radius 3 is 2.50 bits per heavy atom. The molecule has 1 fully saturated rings. The van der Waals surface area contributed by atoms with Crippen LogP contribution < -0.4 is 26.0 Å². The SMILES string of the molecule is COc1ccc2c(c1)C(=O)N(C[C@H](NC(=O)NC=O)c1ccc(-c3ccc(C4(C)NC(=O)NC4=O)nc3)cc1)C2. The van der Waals surface area contributed by atoms with Gasteiger partial charge < -0.3 is 20.3 Å². The quantitative estimate of drug-likeness (QED) is 0.250. The molecule has 2 aliphatic rings. The van der Waals surface area contributed by atoms with Crippen molar-refractivity contribution in [3.8, 4) is 16.9 Å². The summed E-state index contributed by atoms with van der Waals surface area (Å²) >= 11 is 0. The van der Waals surface area contributed by atoms with Crippen LogP contribution in [0.3, 0.4) is 0 Å². The topological polar surface area (TPSA) is 159 Å². The van der Waals surface area contributed by atoms with Gasteiger partial charge in [0.25, 0.3) is 11.8 Å². The van der Waals surface area contributed by atoms with Gasteiger partial charge >= 0.3 is 12.1 Å². The first-order valence-corrected chi connectivity index (χ1v) is 12.4. The summed E-state index contributed by atoms with van der Waals surface area (Å²) in [6, 6.07) is 14.2. The fourth-order valence-corrected chi connectivity index (χ4v) is 4.81. The number of urea groups is 2. The van der Waals surface area contributed by atoms with Gasteiger partial charge in [0.15, 0.2) is 5.54 Å². The average Bonchev–Trinajstić information content (AvgIpc) is 3.41. The lowest BCUT2D eigenvalue weighted by Crippen LogP contribution is -2.42. The Kier molecular flexibility index (Phi) is 6.91. The molecule has 0 aliphatic carbocycles. The number of hydrogen-bond donors (Lipinski definition) is 4. The Hall–Kier alpha value is -5.26. The molecule has 4 N–H and O–H groups in total. The van der Waals surface area contributed by atoms with Gasteiger partial charge in [-0.2, -0.15) is 0 Å². The average molecular weight is 543 g/mol. The summed E-state index contributed by atoms with van der Waals surface area (Å²) in [6.07, 6.45) is 1.89. The number of ether oxygens (including phenoxy) is 1. The van der Waals surface area contributed by atoms with Crippen LogP contribution in [0.25, 0.3) is 11.1 Å². The van der Waals surface area contributed by atoms with Crippen LogP contribution in [0.1, 0.15) is 40.1 Å². The van der Waals surface area contributed by atoms with Crippen molar-refractivity contribution < 1.29 is 28.7 Å². The van der Waals surface area contributed by atoms with Crippen LogP contribution in [-0.2, 0) is 21.7 Å². The van der Waals surface area contributed by atoms with Crippen molar-refractivity contribution in [1.29, 1.82) is 0 Å². The molecule has 5 rings (SSSR count). The maximum Gasteiger partial charge on any atom is 0.322 e. The van der Waals surface area contributed by atoms with Gasteiger partial charge in [-0.1, -0.05) is 36.4 Å². The van der Waals surface area contributed by atoms with Crippen molar-refractivity contribution in [3.05, 3.63) is 83.2 Å². The molecule has 2 aliphatic heterocycles. The highest BCUT2D eigenvalue weighted by Crippen LogP contribution is 2.30. The molecule has 1 unspecified atom stereocenters. The van der Waals surface area contributed by atoms with Gasteiger partial charge in [-0.3, -0.25) is 30.0 Å². The molecule has 3 aromatic rings. The van der Waals surface area contributed by atoms with E-state index in [-0.39, 0.29) is 18.9 Å². The number of nitrogens with one attached hydrogen (secondary N) is 4. The number of methoxy groups -OCH3 is 1. The molecule has 0 saturated carbocycles. The van der Waals surface area contributed by atoms with E-state index in [1.165, 1.54) is 7.11 Å².